The summed E-state index contributed by atoms with van der Waals surface area (Å²) >= 11 is 0. The first-order valence-electron chi connectivity index (χ1n) is 7.42. The molecule has 0 saturated heterocycles. The SMILES string of the molecule is C=N/C(=C\C=C(/C)C(=O)N(CCC)CCC)C(C)(C)C. The fraction of sp³-hybridized carbons (Fsp3) is 0.647. The lowest BCUT2D eigenvalue weighted by Crippen LogP contribution is -2.33. The summed E-state index contributed by atoms with van der Waals surface area (Å²) in [5.74, 6) is 0.113. The van der Waals surface area contributed by atoms with Crippen molar-refractivity contribution in [3.8, 4) is 0 Å². The maximum atomic E-state index is 12.4. The molecule has 0 radical (unpaired) electrons. The molecule has 0 heterocycles. The molecular formula is C17H30N2O. The zero-order valence-corrected chi connectivity index (χ0v) is 14.0. The van der Waals surface area contributed by atoms with Gasteiger partial charge in [-0.1, -0.05) is 40.7 Å². The van der Waals surface area contributed by atoms with Crippen LogP contribution in [0.2, 0.25) is 0 Å². The highest BCUT2D eigenvalue weighted by atomic mass is 16.2. The highest BCUT2D eigenvalue weighted by molar-refractivity contribution is 5.93. The van der Waals surface area contributed by atoms with Crippen LogP contribution in [0.25, 0.3) is 0 Å². The summed E-state index contributed by atoms with van der Waals surface area (Å²) < 4.78 is 0. The predicted molar refractivity (Wildman–Crippen MR) is 88.0 cm³/mol. The molecule has 1 amide bonds. The molecule has 0 unspecified atom stereocenters. The van der Waals surface area contributed by atoms with Gasteiger partial charge >= 0.3 is 0 Å². The minimum Gasteiger partial charge on any atom is -0.339 e. The zero-order chi connectivity index (χ0) is 15.8. The van der Waals surface area contributed by atoms with Crippen molar-refractivity contribution in [2.24, 2.45) is 10.4 Å². The lowest BCUT2D eigenvalue weighted by molar-refractivity contribution is -0.127. The van der Waals surface area contributed by atoms with Crippen molar-refractivity contribution in [3.63, 3.8) is 0 Å². The van der Waals surface area contributed by atoms with E-state index >= 15 is 0 Å². The van der Waals surface area contributed by atoms with Gasteiger partial charge in [0.25, 0.3) is 0 Å². The van der Waals surface area contributed by atoms with Crippen molar-refractivity contribution in [1.82, 2.24) is 4.90 Å². The number of nitrogens with zero attached hydrogens (tertiary/aromatic N) is 2. The maximum absolute atomic E-state index is 12.4. The number of carbonyl (C=O) groups excluding carboxylic acids is 1. The van der Waals surface area contributed by atoms with Crippen LogP contribution in [0.4, 0.5) is 0 Å². The molecule has 0 saturated carbocycles. The summed E-state index contributed by atoms with van der Waals surface area (Å²) in [6, 6.07) is 0. The Hall–Kier alpha value is -1.38. The quantitative estimate of drug-likeness (QED) is 0.390. The average molecular weight is 278 g/mol. The molecule has 0 atom stereocenters. The molecule has 0 N–H and O–H groups in total. The minimum absolute atomic E-state index is 0.0614. The maximum Gasteiger partial charge on any atom is 0.249 e. The van der Waals surface area contributed by atoms with Crippen LogP contribution >= 0.6 is 0 Å². The van der Waals surface area contributed by atoms with Gasteiger partial charge in [0.15, 0.2) is 0 Å². The second-order valence-corrected chi connectivity index (χ2v) is 6.10. The smallest absolute Gasteiger partial charge is 0.249 e. The van der Waals surface area contributed by atoms with Crippen LogP contribution in [-0.4, -0.2) is 30.6 Å². The second kappa shape index (κ2) is 8.72. The zero-order valence-electron chi connectivity index (χ0n) is 14.0. The molecule has 0 rings (SSSR count). The van der Waals surface area contributed by atoms with Gasteiger partial charge in [-0.2, -0.15) is 0 Å². The van der Waals surface area contributed by atoms with E-state index in [2.05, 4.69) is 46.3 Å². The van der Waals surface area contributed by atoms with E-state index in [-0.39, 0.29) is 11.3 Å². The summed E-state index contributed by atoms with van der Waals surface area (Å²) in [5.41, 5.74) is 1.58. The third-order valence-corrected chi connectivity index (χ3v) is 3.04. The molecule has 0 aromatic heterocycles. The van der Waals surface area contributed by atoms with Gasteiger partial charge in [0.1, 0.15) is 0 Å². The molecule has 114 valence electrons. The highest BCUT2D eigenvalue weighted by Gasteiger charge is 2.16. The molecule has 0 bridgehead atoms. The van der Waals surface area contributed by atoms with Crippen LogP contribution in [0.15, 0.2) is 28.4 Å². The summed E-state index contributed by atoms with van der Waals surface area (Å²) in [6.45, 7) is 17.5. The van der Waals surface area contributed by atoms with Crippen LogP contribution in [0, 0.1) is 5.41 Å². The normalized spacial score (nSPS) is 13.3. The summed E-state index contributed by atoms with van der Waals surface area (Å²) in [5, 5.41) is 0. The molecule has 3 nitrogen and oxygen atoms in total. The Balaban J connectivity index is 5.07. The Kier molecular flexibility index (Phi) is 8.12. The second-order valence-electron chi connectivity index (χ2n) is 6.10. The Labute approximate surface area is 124 Å². The Bertz CT molecular complexity index is 380. The van der Waals surface area contributed by atoms with Gasteiger partial charge in [0.2, 0.25) is 5.91 Å². The van der Waals surface area contributed by atoms with Gasteiger partial charge in [0, 0.05) is 29.8 Å². The van der Waals surface area contributed by atoms with Crippen molar-refractivity contribution in [1.29, 1.82) is 0 Å². The molecule has 0 aromatic carbocycles. The molecule has 0 aromatic rings. The number of allylic oxidation sites excluding steroid dienone is 3. The van der Waals surface area contributed by atoms with Crippen molar-refractivity contribution in [2.75, 3.05) is 13.1 Å². The van der Waals surface area contributed by atoms with Crippen LogP contribution in [0.5, 0.6) is 0 Å². The van der Waals surface area contributed by atoms with E-state index in [1.54, 1.807) is 0 Å². The number of hydrogen-bond donors (Lipinski definition) is 0. The fourth-order valence-electron chi connectivity index (χ4n) is 1.92. The fourth-order valence-corrected chi connectivity index (χ4v) is 1.92. The van der Waals surface area contributed by atoms with Gasteiger partial charge in [0.05, 0.1) is 0 Å². The van der Waals surface area contributed by atoms with Crippen molar-refractivity contribution < 1.29 is 4.79 Å². The van der Waals surface area contributed by atoms with E-state index in [0.29, 0.717) is 0 Å². The Morgan fingerprint density at radius 3 is 2.00 bits per heavy atom. The third-order valence-electron chi connectivity index (χ3n) is 3.04. The van der Waals surface area contributed by atoms with E-state index in [0.717, 1.165) is 37.2 Å². The van der Waals surface area contributed by atoms with Gasteiger partial charge in [-0.15, -0.1) is 0 Å². The number of rotatable bonds is 7. The molecule has 20 heavy (non-hydrogen) atoms. The van der Waals surface area contributed by atoms with E-state index in [1.165, 1.54) is 0 Å². The van der Waals surface area contributed by atoms with Crippen molar-refractivity contribution >= 4 is 12.6 Å². The highest BCUT2D eigenvalue weighted by Crippen LogP contribution is 2.25. The average Bonchev–Trinajstić information content (AvgIpc) is 2.36. The Morgan fingerprint density at radius 2 is 1.65 bits per heavy atom. The lowest BCUT2D eigenvalue weighted by atomic mass is 9.92. The molecular weight excluding hydrogens is 248 g/mol. The van der Waals surface area contributed by atoms with Crippen molar-refractivity contribution in [3.05, 3.63) is 23.4 Å². The predicted octanol–water partition coefficient (Wildman–Crippen LogP) is 4.21. The lowest BCUT2D eigenvalue weighted by Gasteiger charge is -2.22. The molecule has 0 aliphatic carbocycles. The summed E-state index contributed by atoms with van der Waals surface area (Å²) in [4.78, 5) is 18.3. The number of hydrogen-bond acceptors (Lipinski definition) is 2. The van der Waals surface area contributed by atoms with Crippen LogP contribution in [0.3, 0.4) is 0 Å². The minimum atomic E-state index is -0.0614. The molecule has 0 aliphatic rings. The number of carbonyl (C=O) groups is 1. The van der Waals surface area contributed by atoms with Gasteiger partial charge in [-0.25, -0.2) is 0 Å². The third kappa shape index (κ3) is 6.18. The van der Waals surface area contributed by atoms with E-state index < -0.39 is 0 Å². The van der Waals surface area contributed by atoms with E-state index in [4.69, 9.17) is 0 Å². The molecule has 0 fully saturated rings. The van der Waals surface area contributed by atoms with Crippen molar-refractivity contribution in [2.45, 2.75) is 54.4 Å². The summed E-state index contributed by atoms with van der Waals surface area (Å²) in [7, 11) is 0. The van der Waals surface area contributed by atoms with Crippen LogP contribution in [-0.2, 0) is 4.79 Å². The summed E-state index contributed by atoms with van der Waals surface area (Å²) in [6.07, 6.45) is 5.72. The first-order chi connectivity index (χ1) is 9.27. The number of amides is 1. The van der Waals surface area contributed by atoms with E-state index in [1.807, 2.05) is 24.0 Å². The van der Waals surface area contributed by atoms with E-state index in [9.17, 15) is 4.79 Å². The Morgan fingerprint density at radius 1 is 1.15 bits per heavy atom. The van der Waals surface area contributed by atoms with Crippen LogP contribution in [0.1, 0.15) is 54.4 Å². The topological polar surface area (TPSA) is 32.7 Å². The van der Waals surface area contributed by atoms with Crippen LogP contribution < -0.4 is 0 Å². The largest absolute Gasteiger partial charge is 0.339 e. The first-order valence-corrected chi connectivity index (χ1v) is 7.42. The van der Waals surface area contributed by atoms with Gasteiger partial charge in [-0.05, 0) is 32.6 Å². The van der Waals surface area contributed by atoms with Gasteiger partial charge < -0.3 is 4.90 Å². The molecule has 3 heteroatoms. The first kappa shape index (κ1) is 18.6. The standard InChI is InChI=1S/C17H30N2O/c1-8-12-19(13-9-2)16(20)14(3)10-11-15(18-7)17(4,5)6/h10-11H,7-9,12-13H2,1-6H3/b14-10+,15-11-. The van der Waals surface area contributed by atoms with Gasteiger partial charge in [-0.3, -0.25) is 9.79 Å². The molecule has 0 spiro atoms. The number of aliphatic imine (C=N–C) groups is 1. The monoisotopic (exact) mass is 278 g/mol. The molecule has 0 aliphatic heterocycles.